The molecule has 8 heteroatoms. The topological polar surface area (TPSA) is 76.2 Å². The first-order valence-corrected chi connectivity index (χ1v) is 11.5. The van der Waals surface area contributed by atoms with Crippen LogP contribution >= 0.6 is 11.3 Å². The Morgan fingerprint density at radius 2 is 1.97 bits per heavy atom. The van der Waals surface area contributed by atoms with Gasteiger partial charge in [-0.1, -0.05) is 24.3 Å². The van der Waals surface area contributed by atoms with E-state index in [1.807, 2.05) is 24.4 Å². The predicted octanol–water partition coefficient (Wildman–Crippen LogP) is 3.40. The Hall–Kier alpha value is -2.71. The Labute approximate surface area is 192 Å². The molecule has 7 nitrogen and oxygen atoms in total. The Balaban J connectivity index is 1.96. The Kier molecular flexibility index (Phi) is 7.69. The number of amides is 3. The van der Waals surface area contributed by atoms with E-state index in [0.29, 0.717) is 24.3 Å². The molecule has 0 aliphatic carbocycles. The summed E-state index contributed by atoms with van der Waals surface area (Å²) in [5.41, 5.74) is -0.724. The van der Waals surface area contributed by atoms with E-state index in [4.69, 9.17) is 9.47 Å². The summed E-state index contributed by atoms with van der Waals surface area (Å²) >= 11 is 1.58. The molecule has 0 radical (unpaired) electrons. The highest BCUT2D eigenvalue weighted by Crippen LogP contribution is 2.44. The van der Waals surface area contributed by atoms with Crippen LogP contribution in [0.2, 0.25) is 0 Å². The van der Waals surface area contributed by atoms with Crippen molar-refractivity contribution in [1.82, 2.24) is 9.80 Å². The Morgan fingerprint density at radius 1 is 1.22 bits per heavy atom. The molecule has 2 aromatic rings. The molecule has 172 valence electrons. The van der Waals surface area contributed by atoms with Crippen LogP contribution < -0.4 is 4.74 Å². The van der Waals surface area contributed by atoms with E-state index in [9.17, 15) is 14.4 Å². The van der Waals surface area contributed by atoms with Crippen LogP contribution in [0, 0.1) is 0 Å². The molecular formula is C24H30N2O5S. The lowest BCUT2D eigenvalue weighted by Gasteiger charge is -2.32. The van der Waals surface area contributed by atoms with Gasteiger partial charge in [-0.3, -0.25) is 19.3 Å². The number of carbonyl (C=O) groups is 3. The fourth-order valence-electron chi connectivity index (χ4n) is 4.20. The number of hydrogen-bond donors (Lipinski definition) is 0. The van der Waals surface area contributed by atoms with Gasteiger partial charge in [-0.25, -0.2) is 0 Å². The number of benzene rings is 1. The summed E-state index contributed by atoms with van der Waals surface area (Å²) in [5.74, 6) is -0.335. The molecule has 1 fully saturated rings. The summed E-state index contributed by atoms with van der Waals surface area (Å²) in [4.78, 5) is 44.0. The molecule has 1 aromatic heterocycles. The highest BCUT2D eigenvalue weighted by molar-refractivity contribution is 7.10. The summed E-state index contributed by atoms with van der Waals surface area (Å²) < 4.78 is 10.6. The first-order valence-electron chi connectivity index (χ1n) is 10.6. The van der Waals surface area contributed by atoms with Crippen LogP contribution in [0.25, 0.3) is 0 Å². The van der Waals surface area contributed by atoms with Crippen LogP contribution in [0.4, 0.5) is 0 Å². The van der Waals surface area contributed by atoms with Gasteiger partial charge in [0.1, 0.15) is 5.75 Å². The standard InChI is InChI=1S/C24H30N2O5S/c1-17(20-11-7-14-32-20)25(2)21(27)15-24(18-9-5-6-10-19(18)31-4)16-22(28)26(23(24)29)12-8-13-30-3/h5-7,9-11,14,17H,8,12-13,15-16H2,1-4H3. The number of imide groups is 1. The molecule has 1 aromatic carbocycles. The molecule has 0 spiro atoms. The van der Waals surface area contributed by atoms with E-state index in [2.05, 4.69) is 0 Å². The van der Waals surface area contributed by atoms with Gasteiger partial charge in [0.2, 0.25) is 17.7 Å². The number of ether oxygens (including phenoxy) is 2. The fraction of sp³-hybridized carbons (Fsp3) is 0.458. The zero-order chi connectivity index (χ0) is 23.3. The van der Waals surface area contributed by atoms with Gasteiger partial charge in [0, 0.05) is 50.6 Å². The number of para-hydroxylation sites is 1. The zero-order valence-electron chi connectivity index (χ0n) is 19.0. The van der Waals surface area contributed by atoms with Crippen molar-refractivity contribution in [2.75, 3.05) is 34.4 Å². The molecule has 2 unspecified atom stereocenters. The first kappa shape index (κ1) is 23.9. The lowest BCUT2D eigenvalue weighted by atomic mass is 9.75. The summed E-state index contributed by atoms with van der Waals surface area (Å²) in [6.07, 6.45) is 0.371. The second-order valence-electron chi connectivity index (χ2n) is 8.03. The summed E-state index contributed by atoms with van der Waals surface area (Å²) in [6, 6.07) is 10.9. The quantitative estimate of drug-likeness (QED) is 0.403. The maximum Gasteiger partial charge on any atom is 0.241 e. The van der Waals surface area contributed by atoms with Crippen molar-refractivity contribution in [3.05, 3.63) is 52.2 Å². The predicted molar refractivity (Wildman–Crippen MR) is 123 cm³/mol. The van der Waals surface area contributed by atoms with Crippen LogP contribution in [-0.4, -0.2) is 61.9 Å². The summed E-state index contributed by atoms with van der Waals surface area (Å²) in [5, 5.41) is 1.97. The van der Waals surface area contributed by atoms with E-state index in [1.165, 1.54) is 12.0 Å². The number of nitrogens with zero attached hydrogens (tertiary/aromatic N) is 2. The minimum atomic E-state index is -1.29. The number of methoxy groups -OCH3 is 2. The van der Waals surface area contributed by atoms with E-state index in [0.717, 1.165) is 4.88 Å². The smallest absolute Gasteiger partial charge is 0.241 e. The lowest BCUT2D eigenvalue weighted by Crippen LogP contribution is -2.43. The lowest BCUT2D eigenvalue weighted by molar-refractivity contribution is -0.143. The number of likely N-dealkylation sites (tertiary alicyclic amines) is 1. The molecule has 0 saturated carbocycles. The molecule has 2 heterocycles. The molecule has 0 N–H and O–H groups in total. The largest absolute Gasteiger partial charge is 0.496 e. The van der Waals surface area contributed by atoms with E-state index in [-0.39, 0.29) is 43.1 Å². The van der Waals surface area contributed by atoms with E-state index < -0.39 is 5.41 Å². The van der Waals surface area contributed by atoms with Crippen LogP contribution in [0.15, 0.2) is 41.8 Å². The number of hydrogen-bond acceptors (Lipinski definition) is 6. The Bertz CT molecular complexity index is 961. The van der Waals surface area contributed by atoms with Gasteiger partial charge in [0.25, 0.3) is 0 Å². The van der Waals surface area contributed by atoms with Crippen LogP contribution in [-0.2, 0) is 24.5 Å². The zero-order valence-corrected chi connectivity index (χ0v) is 19.8. The van der Waals surface area contributed by atoms with Crippen molar-refractivity contribution in [3.63, 3.8) is 0 Å². The second-order valence-corrected chi connectivity index (χ2v) is 9.01. The average Bonchev–Trinajstić information content (AvgIpc) is 3.41. The normalized spacial score (nSPS) is 19.3. The van der Waals surface area contributed by atoms with Crippen LogP contribution in [0.3, 0.4) is 0 Å². The van der Waals surface area contributed by atoms with Crippen molar-refractivity contribution in [1.29, 1.82) is 0 Å². The highest BCUT2D eigenvalue weighted by atomic mass is 32.1. The molecule has 3 amide bonds. The van der Waals surface area contributed by atoms with Gasteiger partial charge in [-0.15, -0.1) is 11.3 Å². The minimum absolute atomic E-state index is 0.0633. The first-order chi connectivity index (χ1) is 15.4. The highest BCUT2D eigenvalue weighted by Gasteiger charge is 2.55. The van der Waals surface area contributed by atoms with Crippen molar-refractivity contribution in [2.24, 2.45) is 0 Å². The Morgan fingerprint density at radius 3 is 2.62 bits per heavy atom. The molecule has 2 atom stereocenters. The van der Waals surface area contributed by atoms with Crippen molar-refractivity contribution in [2.45, 2.75) is 37.6 Å². The number of carbonyl (C=O) groups excluding carboxylic acids is 3. The monoisotopic (exact) mass is 458 g/mol. The van der Waals surface area contributed by atoms with E-state index in [1.54, 1.807) is 54.7 Å². The van der Waals surface area contributed by atoms with Crippen molar-refractivity contribution in [3.8, 4) is 5.75 Å². The van der Waals surface area contributed by atoms with Crippen LogP contribution in [0.1, 0.15) is 42.7 Å². The van der Waals surface area contributed by atoms with Crippen LogP contribution in [0.5, 0.6) is 5.75 Å². The maximum atomic E-state index is 13.7. The van der Waals surface area contributed by atoms with Gasteiger partial charge < -0.3 is 14.4 Å². The molecule has 1 saturated heterocycles. The van der Waals surface area contributed by atoms with Gasteiger partial charge in [-0.05, 0) is 30.9 Å². The molecule has 1 aliphatic heterocycles. The summed E-state index contributed by atoms with van der Waals surface area (Å²) in [6.45, 7) is 2.66. The summed E-state index contributed by atoms with van der Waals surface area (Å²) in [7, 11) is 4.84. The maximum absolute atomic E-state index is 13.7. The van der Waals surface area contributed by atoms with Gasteiger partial charge >= 0.3 is 0 Å². The van der Waals surface area contributed by atoms with Gasteiger partial charge in [-0.2, -0.15) is 0 Å². The van der Waals surface area contributed by atoms with Crippen molar-refractivity contribution >= 4 is 29.1 Å². The fourth-order valence-corrected chi connectivity index (χ4v) is 5.02. The average molecular weight is 459 g/mol. The molecular weight excluding hydrogens is 428 g/mol. The van der Waals surface area contributed by atoms with Gasteiger partial charge in [0.15, 0.2) is 0 Å². The second kappa shape index (κ2) is 10.3. The molecule has 3 rings (SSSR count). The SMILES string of the molecule is COCCCN1C(=O)CC(CC(=O)N(C)C(C)c2cccs2)(c2ccccc2OC)C1=O. The van der Waals surface area contributed by atoms with Gasteiger partial charge in [0.05, 0.1) is 18.6 Å². The minimum Gasteiger partial charge on any atom is -0.496 e. The molecule has 32 heavy (non-hydrogen) atoms. The molecule has 0 bridgehead atoms. The third-order valence-electron chi connectivity index (χ3n) is 6.14. The third-order valence-corrected chi connectivity index (χ3v) is 7.19. The molecule has 1 aliphatic rings. The number of thiophene rings is 1. The number of rotatable bonds is 10. The van der Waals surface area contributed by atoms with E-state index >= 15 is 0 Å². The third kappa shape index (κ3) is 4.56. The van der Waals surface area contributed by atoms with Crippen molar-refractivity contribution < 1.29 is 23.9 Å².